The molecule has 1 heterocycles. The van der Waals surface area contributed by atoms with Crippen molar-refractivity contribution in [2.24, 2.45) is 16.8 Å². The van der Waals surface area contributed by atoms with Crippen molar-refractivity contribution >= 4 is 41.8 Å². The van der Waals surface area contributed by atoms with Gasteiger partial charge >= 0.3 is 0 Å². The smallest absolute Gasteiger partial charge is 0.222 e. The Morgan fingerprint density at radius 2 is 1.47 bits per heavy atom. The van der Waals surface area contributed by atoms with Crippen molar-refractivity contribution in [3.63, 3.8) is 0 Å². The van der Waals surface area contributed by atoms with Gasteiger partial charge in [0.2, 0.25) is 11.8 Å². The number of amides is 2. The zero-order valence-corrected chi connectivity index (χ0v) is 23.5. The summed E-state index contributed by atoms with van der Waals surface area (Å²) in [7, 11) is 0. The van der Waals surface area contributed by atoms with Crippen molar-refractivity contribution in [2.45, 2.75) is 79.6 Å². The zero-order chi connectivity index (χ0) is 23.1. The van der Waals surface area contributed by atoms with Crippen molar-refractivity contribution in [2.75, 3.05) is 45.8 Å². The summed E-state index contributed by atoms with van der Waals surface area (Å²) < 4.78 is 0. The van der Waals surface area contributed by atoms with Gasteiger partial charge in [-0.05, 0) is 44.4 Å². The number of nitrogens with one attached hydrogen (secondary N) is 2. The Morgan fingerprint density at radius 1 is 0.844 bits per heavy atom. The molecular formula is C24H48IN5O2. The van der Waals surface area contributed by atoms with E-state index in [2.05, 4.69) is 50.2 Å². The summed E-state index contributed by atoms with van der Waals surface area (Å²) in [4.78, 5) is 33.1. The second-order valence-corrected chi connectivity index (χ2v) is 9.39. The monoisotopic (exact) mass is 565 g/mol. The first-order chi connectivity index (χ1) is 14.8. The van der Waals surface area contributed by atoms with E-state index >= 15 is 0 Å². The second kappa shape index (κ2) is 18.4. The largest absolute Gasteiger partial charge is 0.357 e. The molecule has 2 N–H and O–H groups in total. The third-order valence-corrected chi connectivity index (χ3v) is 5.48. The molecular weight excluding hydrogens is 517 g/mol. The van der Waals surface area contributed by atoms with Gasteiger partial charge in [0.05, 0.1) is 0 Å². The Hall–Kier alpha value is -1.06. The summed E-state index contributed by atoms with van der Waals surface area (Å²) in [5.41, 5.74) is 0. The number of aliphatic imine (C=N–C) groups is 1. The third-order valence-electron chi connectivity index (χ3n) is 5.48. The van der Waals surface area contributed by atoms with Crippen LogP contribution in [0.1, 0.15) is 79.6 Å². The fraction of sp³-hybridized carbons (Fsp3) is 0.875. The van der Waals surface area contributed by atoms with Crippen molar-refractivity contribution in [1.82, 2.24) is 20.4 Å². The highest BCUT2D eigenvalue weighted by molar-refractivity contribution is 14.0. The minimum Gasteiger partial charge on any atom is -0.357 e. The van der Waals surface area contributed by atoms with Gasteiger partial charge in [-0.3, -0.25) is 14.6 Å². The molecule has 1 rings (SSSR count). The summed E-state index contributed by atoms with van der Waals surface area (Å²) in [5.74, 6) is 2.45. The second-order valence-electron chi connectivity index (χ2n) is 9.39. The van der Waals surface area contributed by atoms with Crippen LogP contribution in [0.4, 0.5) is 0 Å². The number of piperazine rings is 1. The molecule has 1 fully saturated rings. The molecule has 8 heteroatoms. The lowest BCUT2D eigenvalue weighted by atomic mass is 10.1. The standard InChI is InChI=1S/C24H47N5O2.HI/c1-6-25-24(27-14-10-11-20(2)3)26-13-9-7-8-12-22(30)28-15-17-29(18-16-28)23(31)19-21(4)5;/h20-21H,6-19H2,1-5H3,(H2,25,26,27);1H. The van der Waals surface area contributed by atoms with E-state index in [1.54, 1.807) is 0 Å². The molecule has 0 atom stereocenters. The van der Waals surface area contributed by atoms with Gasteiger partial charge in [0.1, 0.15) is 0 Å². The highest BCUT2D eigenvalue weighted by Gasteiger charge is 2.23. The van der Waals surface area contributed by atoms with Crippen LogP contribution in [-0.2, 0) is 9.59 Å². The van der Waals surface area contributed by atoms with Crippen molar-refractivity contribution < 1.29 is 9.59 Å². The lowest BCUT2D eigenvalue weighted by Crippen LogP contribution is -2.50. The van der Waals surface area contributed by atoms with Crippen LogP contribution in [0, 0.1) is 11.8 Å². The van der Waals surface area contributed by atoms with Gasteiger partial charge in [-0.25, -0.2) is 0 Å². The van der Waals surface area contributed by atoms with E-state index in [1.165, 1.54) is 6.42 Å². The molecule has 1 aliphatic heterocycles. The number of carbonyl (C=O) groups is 2. The molecule has 0 bridgehead atoms. The Bertz CT molecular complexity index is 547. The van der Waals surface area contributed by atoms with Gasteiger partial charge in [-0.1, -0.05) is 34.1 Å². The molecule has 0 aromatic rings. The SMILES string of the molecule is CCNC(=NCCCC(C)C)NCCCCCC(=O)N1CCN(C(=O)CC(C)C)CC1.I. The van der Waals surface area contributed by atoms with Crippen molar-refractivity contribution in [3.05, 3.63) is 0 Å². The summed E-state index contributed by atoms with van der Waals surface area (Å²) in [6.45, 7) is 16.0. The highest BCUT2D eigenvalue weighted by atomic mass is 127. The number of unbranched alkanes of at least 4 members (excludes halogenated alkanes) is 2. The van der Waals surface area contributed by atoms with E-state index in [-0.39, 0.29) is 35.8 Å². The first kappa shape index (κ1) is 30.9. The van der Waals surface area contributed by atoms with Crippen molar-refractivity contribution in [1.29, 1.82) is 0 Å². The average Bonchev–Trinajstić information content (AvgIpc) is 2.72. The van der Waals surface area contributed by atoms with Crippen LogP contribution in [0.5, 0.6) is 0 Å². The number of halogens is 1. The number of rotatable bonds is 13. The Balaban J connectivity index is 0.00000961. The van der Waals surface area contributed by atoms with E-state index in [9.17, 15) is 9.59 Å². The van der Waals surface area contributed by atoms with E-state index < -0.39 is 0 Å². The molecule has 0 saturated carbocycles. The van der Waals surface area contributed by atoms with Gasteiger partial charge in [-0.15, -0.1) is 24.0 Å². The maximum absolute atomic E-state index is 12.5. The molecule has 0 aliphatic carbocycles. The van der Waals surface area contributed by atoms with Crippen LogP contribution in [0.3, 0.4) is 0 Å². The molecule has 0 unspecified atom stereocenters. The number of hydrogen-bond donors (Lipinski definition) is 2. The minimum atomic E-state index is 0. The van der Waals surface area contributed by atoms with Crippen LogP contribution in [0.2, 0.25) is 0 Å². The number of nitrogens with zero attached hydrogens (tertiary/aromatic N) is 3. The van der Waals surface area contributed by atoms with Crippen LogP contribution in [0.25, 0.3) is 0 Å². The number of hydrogen-bond acceptors (Lipinski definition) is 3. The Kier molecular flexibility index (Phi) is 17.8. The first-order valence-electron chi connectivity index (χ1n) is 12.4. The predicted molar refractivity (Wildman–Crippen MR) is 145 cm³/mol. The van der Waals surface area contributed by atoms with Crippen LogP contribution < -0.4 is 10.6 Å². The molecule has 1 aliphatic rings. The Morgan fingerprint density at radius 3 is 2.03 bits per heavy atom. The number of carbonyl (C=O) groups excluding carboxylic acids is 2. The fourth-order valence-corrected chi connectivity index (χ4v) is 3.66. The maximum atomic E-state index is 12.5. The zero-order valence-electron chi connectivity index (χ0n) is 21.1. The molecule has 0 spiro atoms. The van der Waals surface area contributed by atoms with E-state index in [0.29, 0.717) is 44.9 Å². The van der Waals surface area contributed by atoms with E-state index in [0.717, 1.165) is 57.2 Å². The average molecular weight is 566 g/mol. The molecule has 7 nitrogen and oxygen atoms in total. The van der Waals surface area contributed by atoms with Crippen LogP contribution >= 0.6 is 24.0 Å². The lowest BCUT2D eigenvalue weighted by molar-refractivity contribution is -0.140. The van der Waals surface area contributed by atoms with Gasteiger partial charge in [0.25, 0.3) is 0 Å². The van der Waals surface area contributed by atoms with Gasteiger partial charge in [-0.2, -0.15) is 0 Å². The molecule has 0 aromatic heterocycles. The van der Waals surface area contributed by atoms with Gasteiger partial charge in [0.15, 0.2) is 5.96 Å². The van der Waals surface area contributed by atoms with Crippen LogP contribution in [-0.4, -0.2) is 73.4 Å². The summed E-state index contributed by atoms with van der Waals surface area (Å²) in [6, 6.07) is 0. The molecule has 188 valence electrons. The topological polar surface area (TPSA) is 77.0 Å². The molecule has 2 amide bonds. The quantitative estimate of drug-likeness (QED) is 0.154. The van der Waals surface area contributed by atoms with Crippen LogP contribution in [0.15, 0.2) is 4.99 Å². The summed E-state index contributed by atoms with van der Waals surface area (Å²) in [6.07, 6.45) is 6.49. The highest BCUT2D eigenvalue weighted by Crippen LogP contribution is 2.10. The molecule has 32 heavy (non-hydrogen) atoms. The predicted octanol–water partition coefficient (Wildman–Crippen LogP) is 3.87. The van der Waals surface area contributed by atoms with Gasteiger partial charge in [0, 0.05) is 58.7 Å². The number of guanidine groups is 1. The third kappa shape index (κ3) is 14.2. The molecule has 0 aromatic carbocycles. The van der Waals surface area contributed by atoms with E-state index in [1.807, 2.05) is 9.80 Å². The van der Waals surface area contributed by atoms with Crippen molar-refractivity contribution in [3.8, 4) is 0 Å². The fourth-order valence-electron chi connectivity index (χ4n) is 3.66. The molecule has 0 radical (unpaired) electrons. The first-order valence-corrected chi connectivity index (χ1v) is 12.4. The lowest BCUT2D eigenvalue weighted by Gasteiger charge is -2.35. The minimum absolute atomic E-state index is 0. The normalized spacial score (nSPS) is 14.5. The Labute approximate surface area is 213 Å². The molecule has 1 saturated heterocycles. The maximum Gasteiger partial charge on any atom is 0.222 e. The van der Waals surface area contributed by atoms with Gasteiger partial charge < -0.3 is 20.4 Å². The summed E-state index contributed by atoms with van der Waals surface area (Å²) >= 11 is 0. The summed E-state index contributed by atoms with van der Waals surface area (Å²) in [5, 5.41) is 6.69. The van der Waals surface area contributed by atoms with E-state index in [4.69, 9.17) is 0 Å².